The minimum absolute atomic E-state index is 0.191. The summed E-state index contributed by atoms with van der Waals surface area (Å²) < 4.78 is 15.8. The molecule has 1 aromatic heterocycles. The molecular formula is C16H20O5. The van der Waals surface area contributed by atoms with Crippen molar-refractivity contribution in [2.45, 2.75) is 38.5 Å². The van der Waals surface area contributed by atoms with Gasteiger partial charge >= 0.3 is 11.9 Å². The third kappa shape index (κ3) is 1.98. The largest absolute Gasteiger partial charge is 0.469 e. The summed E-state index contributed by atoms with van der Waals surface area (Å²) in [5.41, 5.74) is -1.36. The second-order valence-corrected chi connectivity index (χ2v) is 5.94. The molecule has 2 aliphatic carbocycles. The van der Waals surface area contributed by atoms with Gasteiger partial charge < -0.3 is 13.9 Å². The molecule has 0 radical (unpaired) electrons. The Morgan fingerprint density at radius 1 is 1.24 bits per heavy atom. The molecule has 1 heterocycles. The molecule has 2 fully saturated rings. The SMILES string of the molecule is CCOC(=O)C1(C(=O)OCC)CC2CC2(c2ccco2)C1. The van der Waals surface area contributed by atoms with Gasteiger partial charge in [-0.15, -0.1) is 0 Å². The van der Waals surface area contributed by atoms with E-state index in [-0.39, 0.29) is 24.5 Å². The summed E-state index contributed by atoms with van der Waals surface area (Å²) >= 11 is 0. The molecule has 2 saturated carbocycles. The van der Waals surface area contributed by atoms with Crippen LogP contribution in [0.3, 0.4) is 0 Å². The van der Waals surface area contributed by atoms with Crippen LogP contribution in [0.2, 0.25) is 0 Å². The van der Waals surface area contributed by atoms with E-state index in [9.17, 15) is 9.59 Å². The number of hydrogen-bond acceptors (Lipinski definition) is 5. The number of carbonyl (C=O) groups is 2. The van der Waals surface area contributed by atoms with E-state index in [1.165, 1.54) is 0 Å². The molecule has 114 valence electrons. The molecular weight excluding hydrogens is 272 g/mol. The Bertz CT molecular complexity index is 529. The number of carbonyl (C=O) groups excluding carboxylic acids is 2. The summed E-state index contributed by atoms with van der Waals surface area (Å²) in [7, 11) is 0. The van der Waals surface area contributed by atoms with Crippen LogP contribution in [-0.4, -0.2) is 25.2 Å². The van der Waals surface area contributed by atoms with Crippen LogP contribution in [0, 0.1) is 11.3 Å². The maximum atomic E-state index is 12.4. The zero-order chi connectivity index (χ0) is 15.1. The molecule has 5 nitrogen and oxygen atoms in total. The van der Waals surface area contributed by atoms with Gasteiger partial charge in [0.1, 0.15) is 5.76 Å². The van der Waals surface area contributed by atoms with Gasteiger partial charge in [-0.25, -0.2) is 0 Å². The molecule has 21 heavy (non-hydrogen) atoms. The fourth-order valence-electron chi connectivity index (χ4n) is 3.78. The molecule has 0 aliphatic heterocycles. The second-order valence-electron chi connectivity index (χ2n) is 5.94. The Morgan fingerprint density at radius 2 is 1.90 bits per heavy atom. The number of hydrogen-bond donors (Lipinski definition) is 0. The van der Waals surface area contributed by atoms with Gasteiger partial charge in [0.25, 0.3) is 0 Å². The topological polar surface area (TPSA) is 65.7 Å². The number of esters is 2. The fourth-order valence-corrected chi connectivity index (χ4v) is 3.78. The number of furan rings is 1. The van der Waals surface area contributed by atoms with Crippen molar-refractivity contribution in [3.05, 3.63) is 24.2 Å². The highest BCUT2D eigenvalue weighted by molar-refractivity contribution is 6.01. The van der Waals surface area contributed by atoms with E-state index in [1.54, 1.807) is 20.1 Å². The second kappa shape index (κ2) is 4.90. The van der Waals surface area contributed by atoms with Gasteiger partial charge in [0.15, 0.2) is 5.41 Å². The van der Waals surface area contributed by atoms with Crippen molar-refractivity contribution in [1.29, 1.82) is 0 Å². The number of rotatable bonds is 5. The van der Waals surface area contributed by atoms with Gasteiger partial charge in [0, 0.05) is 5.41 Å². The first-order valence-electron chi connectivity index (χ1n) is 7.47. The minimum atomic E-state index is -1.16. The Hall–Kier alpha value is -1.78. The third-order valence-electron chi connectivity index (χ3n) is 4.79. The lowest BCUT2D eigenvalue weighted by Gasteiger charge is -2.27. The van der Waals surface area contributed by atoms with E-state index < -0.39 is 17.4 Å². The Balaban J connectivity index is 1.90. The molecule has 0 bridgehead atoms. The molecule has 0 N–H and O–H groups in total. The van der Waals surface area contributed by atoms with E-state index >= 15 is 0 Å². The molecule has 0 spiro atoms. The molecule has 2 aliphatic rings. The highest BCUT2D eigenvalue weighted by Crippen LogP contribution is 2.70. The maximum Gasteiger partial charge on any atom is 0.323 e. The van der Waals surface area contributed by atoms with E-state index in [0.717, 1.165) is 12.2 Å². The van der Waals surface area contributed by atoms with Gasteiger partial charge in [0.05, 0.1) is 19.5 Å². The monoisotopic (exact) mass is 292 g/mol. The molecule has 2 atom stereocenters. The Labute approximate surface area is 123 Å². The lowest BCUT2D eigenvalue weighted by atomic mass is 9.80. The molecule has 2 unspecified atom stereocenters. The first kappa shape index (κ1) is 14.2. The highest BCUT2D eigenvalue weighted by Gasteiger charge is 2.73. The van der Waals surface area contributed by atoms with Crippen LogP contribution in [0.1, 0.15) is 38.9 Å². The van der Waals surface area contributed by atoms with E-state index in [2.05, 4.69) is 0 Å². The van der Waals surface area contributed by atoms with Crippen LogP contribution in [-0.2, 0) is 24.5 Å². The predicted molar refractivity (Wildman–Crippen MR) is 73.4 cm³/mol. The number of fused-ring (bicyclic) bond motifs is 1. The van der Waals surface area contributed by atoms with Crippen molar-refractivity contribution in [2.75, 3.05) is 13.2 Å². The summed E-state index contributed by atoms with van der Waals surface area (Å²) in [5.74, 6) is 0.239. The lowest BCUT2D eigenvalue weighted by molar-refractivity contribution is -0.172. The van der Waals surface area contributed by atoms with E-state index in [1.807, 2.05) is 12.1 Å². The third-order valence-corrected chi connectivity index (χ3v) is 4.79. The molecule has 1 aromatic rings. The molecule has 0 aromatic carbocycles. The van der Waals surface area contributed by atoms with Crippen LogP contribution in [0.4, 0.5) is 0 Å². The zero-order valence-corrected chi connectivity index (χ0v) is 12.4. The van der Waals surface area contributed by atoms with Gasteiger partial charge in [-0.2, -0.15) is 0 Å². The average molecular weight is 292 g/mol. The smallest absolute Gasteiger partial charge is 0.323 e. The minimum Gasteiger partial charge on any atom is -0.469 e. The first-order chi connectivity index (χ1) is 10.1. The van der Waals surface area contributed by atoms with E-state index in [0.29, 0.717) is 12.8 Å². The van der Waals surface area contributed by atoms with Crippen LogP contribution >= 0.6 is 0 Å². The van der Waals surface area contributed by atoms with Crippen molar-refractivity contribution in [1.82, 2.24) is 0 Å². The summed E-state index contributed by atoms with van der Waals surface area (Å²) in [6.07, 6.45) is 3.51. The molecule has 5 heteroatoms. The van der Waals surface area contributed by atoms with Crippen molar-refractivity contribution in [2.24, 2.45) is 11.3 Å². The quantitative estimate of drug-likeness (QED) is 0.616. The first-order valence-corrected chi connectivity index (χ1v) is 7.47. The Kier molecular flexibility index (Phi) is 3.30. The van der Waals surface area contributed by atoms with Crippen molar-refractivity contribution in [3.63, 3.8) is 0 Å². The van der Waals surface area contributed by atoms with Crippen LogP contribution < -0.4 is 0 Å². The van der Waals surface area contributed by atoms with Gasteiger partial charge in [0.2, 0.25) is 0 Å². The highest BCUT2D eigenvalue weighted by atomic mass is 16.6. The summed E-state index contributed by atoms with van der Waals surface area (Å²) in [6.45, 7) is 4.01. The van der Waals surface area contributed by atoms with Gasteiger partial charge in [-0.1, -0.05) is 0 Å². The maximum absolute atomic E-state index is 12.4. The van der Waals surface area contributed by atoms with E-state index in [4.69, 9.17) is 13.9 Å². The van der Waals surface area contributed by atoms with Crippen LogP contribution in [0.25, 0.3) is 0 Å². The van der Waals surface area contributed by atoms with Crippen molar-refractivity contribution < 1.29 is 23.5 Å². The van der Waals surface area contributed by atoms with Crippen LogP contribution in [0.15, 0.2) is 22.8 Å². The average Bonchev–Trinajstić information content (AvgIpc) is 2.88. The van der Waals surface area contributed by atoms with Crippen molar-refractivity contribution >= 4 is 11.9 Å². The molecule has 3 rings (SSSR count). The zero-order valence-electron chi connectivity index (χ0n) is 12.4. The Morgan fingerprint density at radius 3 is 2.43 bits per heavy atom. The normalized spacial score (nSPS) is 28.8. The summed E-state index contributed by atoms with van der Waals surface area (Å²) in [6, 6.07) is 3.76. The van der Waals surface area contributed by atoms with Crippen LogP contribution in [0.5, 0.6) is 0 Å². The summed E-state index contributed by atoms with van der Waals surface area (Å²) in [4.78, 5) is 24.8. The van der Waals surface area contributed by atoms with Crippen molar-refractivity contribution in [3.8, 4) is 0 Å². The molecule has 0 saturated heterocycles. The lowest BCUT2D eigenvalue weighted by Crippen LogP contribution is -2.42. The van der Waals surface area contributed by atoms with Gasteiger partial charge in [-0.3, -0.25) is 9.59 Å². The number of ether oxygens (including phenoxy) is 2. The predicted octanol–water partition coefficient (Wildman–Crippen LogP) is 2.44. The molecule has 0 amide bonds. The van der Waals surface area contributed by atoms with Gasteiger partial charge in [-0.05, 0) is 51.2 Å². The summed E-state index contributed by atoms with van der Waals surface area (Å²) in [5, 5.41) is 0. The fraction of sp³-hybridized carbons (Fsp3) is 0.625. The standard InChI is InChI=1S/C16H20O5/c1-3-19-13(17)16(14(18)20-4-2)9-11-8-15(11,10-16)12-6-5-7-21-12/h5-7,11H,3-4,8-10H2,1-2H3.